The number of fused-ring (bicyclic) bond motifs is 2. The Labute approximate surface area is 229 Å². The average Bonchev–Trinajstić information content (AvgIpc) is 3.57. The molecule has 3 aromatic heterocycles. The molecule has 3 heterocycles. The largest absolute Gasteiger partial charge is 0.497 e. The number of ether oxygens (including phenoxy) is 1. The first kappa shape index (κ1) is 25.0. The van der Waals surface area contributed by atoms with Crippen LogP contribution < -0.4 is 14.8 Å². The summed E-state index contributed by atoms with van der Waals surface area (Å²) in [6, 6.07) is 22.2. The van der Waals surface area contributed by atoms with Crippen LogP contribution in [0.1, 0.15) is 0 Å². The van der Waals surface area contributed by atoms with Crippen LogP contribution in [0, 0.1) is 0 Å². The summed E-state index contributed by atoms with van der Waals surface area (Å²) in [5, 5.41) is 6.67. The number of aromatic nitrogens is 4. The van der Waals surface area contributed by atoms with Gasteiger partial charge >= 0.3 is 0 Å². The number of hydrogen-bond acceptors (Lipinski definition) is 8. The smallest absolute Gasteiger partial charge is 0.241 e. The molecule has 196 valence electrons. The van der Waals surface area contributed by atoms with Crippen molar-refractivity contribution in [2.75, 3.05) is 25.5 Å². The van der Waals surface area contributed by atoms with E-state index in [2.05, 4.69) is 15.0 Å². The summed E-state index contributed by atoms with van der Waals surface area (Å²) in [5.74, 6) is 1.16. The van der Waals surface area contributed by atoms with Crippen molar-refractivity contribution < 1.29 is 13.2 Å². The number of methoxy groups -OCH3 is 1. The molecule has 0 fully saturated rings. The molecule has 2 N–H and O–H groups in total. The molecule has 9 nitrogen and oxygen atoms in total. The molecule has 0 unspecified atom stereocenters. The van der Waals surface area contributed by atoms with Gasteiger partial charge in [-0.25, -0.2) is 28.1 Å². The van der Waals surface area contributed by atoms with Crippen molar-refractivity contribution in [3.05, 3.63) is 90.6 Å². The molecule has 0 aliphatic heterocycles. The highest BCUT2D eigenvalue weighted by Gasteiger charge is 2.19. The Morgan fingerprint density at radius 1 is 0.949 bits per heavy atom. The van der Waals surface area contributed by atoms with Crippen LogP contribution in [0.25, 0.3) is 38.4 Å². The van der Waals surface area contributed by atoms with Gasteiger partial charge in [0.15, 0.2) is 4.96 Å². The van der Waals surface area contributed by atoms with E-state index in [0.29, 0.717) is 23.6 Å². The van der Waals surface area contributed by atoms with Gasteiger partial charge < -0.3 is 10.1 Å². The van der Waals surface area contributed by atoms with Crippen molar-refractivity contribution in [1.82, 2.24) is 24.1 Å². The summed E-state index contributed by atoms with van der Waals surface area (Å²) in [6.45, 7) is 0.469. The summed E-state index contributed by atoms with van der Waals surface area (Å²) >= 11 is 1.54. The van der Waals surface area contributed by atoms with Crippen LogP contribution in [0.2, 0.25) is 0 Å². The maximum Gasteiger partial charge on any atom is 0.241 e. The van der Waals surface area contributed by atoms with E-state index in [4.69, 9.17) is 14.7 Å². The molecular weight excluding hydrogens is 532 g/mol. The molecule has 3 aromatic carbocycles. The van der Waals surface area contributed by atoms with Crippen molar-refractivity contribution in [2.45, 2.75) is 4.90 Å². The van der Waals surface area contributed by atoms with Gasteiger partial charge in [0.1, 0.15) is 11.4 Å². The normalized spacial score (nSPS) is 11.7. The van der Waals surface area contributed by atoms with Crippen LogP contribution >= 0.6 is 11.3 Å². The molecule has 6 rings (SSSR count). The Morgan fingerprint density at radius 3 is 2.62 bits per heavy atom. The number of imidazole rings is 1. The topological polar surface area (TPSA) is 111 Å². The zero-order valence-electron chi connectivity index (χ0n) is 20.9. The maximum atomic E-state index is 13.0. The Hall–Kier alpha value is -4.32. The van der Waals surface area contributed by atoms with Gasteiger partial charge in [0.2, 0.25) is 16.0 Å². The minimum atomic E-state index is -3.69. The van der Waals surface area contributed by atoms with Gasteiger partial charge in [0.05, 0.1) is 23.4 Å². The van der Waals surface area contributed by atoms with Crippen LogP contribution in [0.15, 0.2) is 95.5 Å². The minimum Gasteiger partial charge on any atom is -0.497 e. The minimum absolute atomic E-state index is 0.164. The second kappa shape index (κ2) is 10.4. The number of nitrogens with zero attached hydrogens (tertiary/aromatic N) is 4. The molecular formula is C28H24N6O3S2. The maximum absolute atomic E-state index is 13.0. The average molecular weight is 557 g/mol. The van der Waals surface area contributed by atoms with Crippen molar-refractivity contribution in [3.63, 3.8) is 0 Å². The zero-order valence-corrected chi connectivity index (χ0v) is 22.5. The Bertz CT molecular complexity index is 1880. The lowest BCUT2D eigenvalue weighted by atomic mass is 10.1. The molecule has 0 aliphatic carbocycles. The van der Waals surface area contributed by atoms with Crippen LogP contribution in [-0.4, -0.2) is 48.0 Å². The van der Waals surface area contributed by atoms with Gasteiger partial charge in [-0.05, 0) is 41.8 Å². The van der Waals surface area contributed by atoms with Gasteiger partial charge in [-0.3, -0.25) is 4.40 Å². The summed E-state index contributed by atoms with van der Waals surface area (Å²) < 4.78 is 36.0. The first-order valence-corrected chi connectivity index (χ1v) is 14.5. The number of sulfonamides is 1. The second-order valence-electron chi connectivity index (χ2n) is 8.66. The molecule has 0 saturated carbocycles. The summed E-state index contributed by atoms with van der Waals surface area (Å²) in [4.78, 5) is 15.0. The zero-order chi connectivity index (χ0) is 26.8. The van der Waals surface area contributed by atoms with Gasteiger partial charge in [0.25, 0.3) is 0 Å². The van der Waals surface area contributed by atoms with Crippen molar-refractivity contribution in [3.8, 4) is 28.4 Å². The molecule has 0 bridgehead atoms. The lowest BCUT2D eigenvalue weighted by Crippen LogP contribution is -2.29. The molecule has 6 aromatic rings. The third-order valence-electron chi connectivity index (χ3n) is 6.26. The monoisotopic (exact) mass is 556 g/mol. The number of benzene rings is 3. The van der Waals surface area contributed by atoms with E-state index in [-0.39, 0.29) is 11.4 Å². The third-order valence-corrected chi connectivity index (χ3v) is 8.54. The molecule has 0 saturated heterocycles. The fourth-order valence-corrected chi connectivity index (χ4v) is 6.40. The van der Waals surface area contributed by atoms with Crippen molar-refractivity contribution in [1.29, 1.82) is 0 Å². The number of nitrogens with one attached hydrogen (secondary N) is 2. The van der Waals surface area contributed by atoms with E-state index in [0.717, 1.165) is 33.0 Å². The molecule has 0 atom stereocenters. The Kier molecular flexibility index (Phi) is 6.69. The third kappa shape index (κ3) is 4.94. The van der Waals surface area contributed by atoms with E-state index in [9.17, 15) is 8.42 Å². The van der Waals surface area contributed by atoms with Gasteiger partial charge in [0, 0.05) is 41.8 Å². The molecule has 11 heteroatoms. The first-order valence-electron chi connectivity index (χ1n) is 12.2. The SMILES string of the molecule is COc1ccc(-c2nc3sccn3c2-c2ccnc(NCCNS(=O)(=O)c3cccc4ccccc34)n2)cc1. The van der Waals surface area contributed by atoms with Crippen LogP contribution in [0.4, 0.5) is 5.95 Å². The fraction of sp³-hybridized carbons (Fsp3) is 0.107. The van der Waals surface area contributed by atoms with E-state index in [1.807, 2.05) is 76.6 Å². The predicted octanol–water partition coefficient (Wildman–Crippen LogP) is 5.07. The van der Waals surface area contributed by atoms with Crippen LogP contribution in [-0.2, 0) is 10.0 Å². The van der Waals surface area contributed by atoms with E-state index < -0.39 is 10.0 Å². The Balaban J connectivity index is 1.20. The quantitative estimate of drug-likeness (QED) is 0.239. The molecule has 0 spiro atoms. The predicted molar refractivity (Wildman–Crippen MR) is 154 cm³/mol. The highest BCUT2D eigenvalue weighted by molar-refractivity contribution is 7.89. The second-order valence-corrected chi connectivity index (χ2v) is 11.3. The number of rotatable bonds is 9. The molecule has 0 amide bonds. The highest BCUT2D eigenvalue weighted by Crippen LogP contribution is 2.34. The number of thiazole rings is 1. The fourth-order valence-electron chi connectivity index (χ4n) is 4.42. The van der Waals surface area contributed by atoms with Crippen LogP contribution in [0.3, 0.4) is 0 Å². The summed E-state index contributed by atoms with van der Waals surface area (Å²) in [6.07, 6.45) is 3.64. The number of anilines is 1. The summed E-state index contributed by atoms with van der Waals surface area (Å²) in [7, 11) is -2.06. The number of hydrogen-bond donors (Lipinski definition) is 2. The molecule has 0 aliphatic rings. The van der Waals surface area contributed by atoms with Gasteiger partial charge in [-0.15, -0.1) is 11.3 Å². The molecule has 0 radical (unpaired) electrons. The lowest BCUT2D eigenvalue weighted by Gasteiger charge is -2.11. The van der Waals surface area contributed by atoms with E-state index in [1.165, 1.54) is 0 Å². The summed E-state index contributed by atoms with van der Waals surface area (Å²) in [5.41, 5.74) is 3.29. The van der Waals surface area contributed by atoms with Crippen molar-refractivity contribution >= 4 is 43.0 Å². The van der Waals surface area contributed by atoms with Gasteiger partial charge in [-0.2, -0.15) is 0 Å². The van der Waals surface area contributed by atoms with Crippen LogP contribution in [0.5, 0.6) is 5.75 Å². The lowest BCUT2D eigenvalue weighted by molar-refractivity contribution is 0.415. The van der Waals surface area contributed by atoms with E-state index in [1.54, 1.807) is 36.8 Å². The first-order chi connectivity index (χ1) is 19.0. The highest BCUT2D eigenvalue weighted by atomic mass is 32.2. The van der Waals surface area contributed by atoms with E-state index >= 15 is 0 Å². The van der Waals surface area contributed by atoms with Crippen molar-refractivity contribution in [2.24, 2.45) is 0 Å². The Morgan fingerprint density at radius 2 is 1.77 bits per heavy atom. The molecule has 39 heavy (non-hydrogen) atoms. The standard InChI is InChI=1S/C28H24N6O3S2/c1-37-21-11-9-20(10-12-21)25-26(34-17-18-38-28(34)33-25)23-13-14-29-27(32-23)30-15-16-31-39(35,36)24-8-4-6-19-5-2-3-7-22(19)24/h2-14,17-18,31H,15-16H2,1H3,(H,29,30,32). The van der Waals surface area contributed by atoms with Gasteiger partial charge in [-0.1, -0.05) is 36.4 Å².